The van der Waals surface area contributed by atoms with Crippen molar-refractivity contribution in [1.29, 1.82) is 0 Å². The molecule has 0 saturated carbocycles. The van der Waals surface area contributed by atoms with Crippen molar-refractivity contribution in [2.45, 2.75) is 60.3 Å². The van der Waals surface area contributed by atoms with Gasteiger partial charge >= 0.3 is 0 Å². The van der Waals surface area contributed by atoms with Gasteiger partial charge < -0.3 is 5.11 Å². The molecule has 0 saturated heterocycles. The van der Waals surface area contributed by atoms with Gasteiger partial charge in [0.25, 0.3) is 0 Å². The highest BCUT2D eigenvalue weighted by atomic mass is 16.3. The predicted molar refractivity (Wildman–Crippen MR) is 92.1 cm³/mol. The van der Waals surface area contributed by atoms with Crippen LogP contribution in [0.3, 0.4) is 0 Å². The lowest BCUT2D eigenvalue weighted by Crippen LogP contribution is -2.35. The van der Waals surface area contributed by atoms with Crippen LogP contribution in [0.5, 0.6) is 0 Å². The number of Topliss-reactive ketones (excluding diaryl/α,β-unsaturated/α-hetero) is 2. The van der Waals surface area contributed by atoms with Crippen LogP contribution in [0.15, 0.2) is 34.1 Å². The molecular weight excluding hydrogens is 288 g/mol. The lowest BCUT2D eigenvalue weighted by atomic mass is 9.67. The topological polar surface area (TPSA) is 54.4 Å². The van der Waals surface area contributed by atoms with Crippen LogP contribution in [0.25, 0.3) is 0 Å². The summed E-state index contributed by atoms with van der Waals surface area (Å²) in [5, 5.41) is 10.5. The van der Waals surface area contributed by atoms with Gasteiger partial charge in [-0.05, 0) is 64.2 Å². The fourth-order valence-corrected chi connectivity index (χ4v) is 3.84. The Hall–Kier alpha value is -1.64. The molecule has 3 atom stereocenters. The number of hydrogen-bond donors (Lipinski definition) is 1. The monoisotopic (exact) mass is 316 g/mol. The van der Waals surface area contributed by atoms with Crippen LogP contribution in [0, 0.1) is 17.8 Å². The zero-order valence-electron chi connectivity index (χ0n) is 14.9. The summed E-state index contributed by atoms with van der Waals surface area (Å²) in [5.41, 5.74) is 2.86. The number of aliphatic hydroxyl groups excluding tert-OH is 1. The minimum atomic E-state index is -0.536. The molecule has 0 heterocycles. The molecule has 23 heavy (non-hydrogen) atoms. The zero-order valence-corrected chi connectivity index (χ0v) is 14.9. The van der Waals surface area contributed by atoms with Gasteiger partial charge in [-0.25, -0.2) is 0 Å². The maximum Gasteiger partial charge on any atom is 0.232 e. The molecule has 0 aliphatic heterocycles. The number of allylic oxidation sites excluding steroid dienone is 5. The first-order valence-corrected chi connectivity index (χ1v) is 8.62. The molecule has 0 fully saturated rings. The molecule has 2 aliphatic carbocycles. The number of hydrogen-bond acceptors (Lipinski definition) is 3. The maximum absolute atomic E-state index is 12.4. The van der Waals surface area contributed by atoms with E-state index in [9.17, 15) is 14.7 Å². The van der Waals surface area contributed by atoms with Crippen LogP contribution in [0.4, 0.5) is 0 Å². The van der Waals surface area contributed by atoms with E-state index in [1.54, 1.807) is 6.92 Å². The maximum atomic E-state index is 12.4. The average molecular weight is 316 g/mol. The SMILES string of the molecule is CC(C)=CCC[C@H](C)[C@H]1CC[C@H](C)C2=C1C(O)=C(C)C(=O)C2=O. The first-order chi connectivity index (χ1) is 10.8. The lowest BCUT2D eigenvalue weighted by Gasteiger charge is -2.37. The average Bonchev–Trinajstić information content (AvgIpc) is 2.49. The molecule has 2 rings (SSSR count). The van der Waals surface area contributed by atoms with Crippen LogP contribution in [0.1, 0.15) is 60.3 Å². The number of carbonyl (C=O) groups excluding carboxylic acids is 2. The quantitative estimate of drug-likeness (QED) is 0.465. The van der Waals surface area contributed by atoms with Gasteiger partial charge in [-0.3, -0.25) is 9.59 Å². The molecular formula is C20H28O3. The van der Waals surface area contributed by atoms with Gasteiger partial charge in [0, 0.05) is 16.7 Å². The van der Waals surface area contributed by atoms with E-state index in [0.29, 0.717) is 11.5 Å². The van der Waals surface area contributed by atoms with Crippen LogP contribution in [0.2, 0.25) is 0 Å². The summed E-state index contributed by atoms with van der Waals surface area (Å²) in [6.07, 6.45) is 6.13. The van der Waals surface area contributed by atoms with Crippen molar-refractivity contribution in [1.82, 2.24) is 0 Å². The number of ketones is 2. The van der Waals surface area contributed by atoms with Gasteiger partial charge in [-0.2, -0.15) is 0 Å². The van der Waals surface area contributed by atoms with E-state index in [1.165, 1.54) is 5.57 Å². The summed E-state index contributed by atoms with van der Waals surface area (Å²) in [7, 11) is 0. The Balaban J connectivity index is 2.35. The first-order valence-electron chi connectivity index (χ1n) is 8.62. The third kappa shape index (κ3) is 3.34. The smallest absolute Gasteiger partial charge is 0.232 e. The lowest BCUT2D eigenvalue weighted by molar-refractivity contribution is -0.133. The summed E-state index contributed by atoms with van der Waals surface area (Å²) in [6.45, 7) is 9.92. The van der Waals surface area contributed by atoms with E-state index < -0.39 is 11.6 Å². The molecule has 0 aromatic rings. The minimum absolute atomic E-state index is 0.0536. The molecule has 0 spiro atoms. The standard InChI is InChI=1S/C20H28O3/c1-11(2)7-6-8-12(3)15-10-9-13(4)16-17(15)18(21)14(5)19(22)20(16)23/h7,12-13,15,21H,6,8-10H2,1-5H3/t12-,13-,15+/m0/s1. The Morgan fingerprint density at radius 1 is 1.22 bits per heavy atom. The van der Waals surface area contributed by atoms with Gasteiger partial charge in [0.15, 0.2) is 0 Å². The van der Waals surface area contributed by atoms with Crippen molar-refractivity contribution in [2.24, 2.45) is 17.8 Å². The van der Waals surface area contributed by atoms with Gasteiger partial charge in [0.05, 0.1) is 0 Å². The molecule has 2 aliphatic rings. The highest BCUT2D eigenvalue weighted by Gasteiger charge is 2.41. The van der Waals surface area contributed by atoms with Crippen molar-refractivity contribution >= 4 is 11.6 Å². The van der Waals surface area contributed by atoms with E-state index in [1.807, 2.05) is 6.92 Å². The highest BCUT2D eigenvalue weighted by Crippen LogP contribution is 2.45. The summed E-state index contributed by atoms with van der Waals surface area (Å²) in [6, 6.07) is 0. The molecule has 3 nitrogen and oxygen atoms in total. The molecule has 0 radical (unpaired) electrons. The van der Waals surface area contributed by atoms with Gasteiger partial charge in [-0.1, -0.05) is 25.5 Å². The Morgan fingerprint density at radius 2 is 1.87 bits per heavy atom. The first kappa shape index (κ1) is 17.7. The van der Waals surface area contributed by atoms with Crippen molar-refractivity contribution < 1.29 is 14.7 Å². The second kappa shape index (κ2) is 6.86. The molecule has 126 valence electrons. The van der Waals surface area contributed by atoms with Crippen molar-refractivity contribution in [2.75, 3.05) is 0 Å². The molecule has 0 aromatic heterocycles. The largest absolute Gasteiger partial charge is 0.507 e. The van der Waals surface area contributed by atoms with E-state index >= 15 is 0 Å². The van der Waals surface area contributed by atoms with Gasteiger partial charge in [0.1, 0.15) is 5.76 Å². The highest BCUT2D eigenvalue weighted by molar-refractivity contribution is 6.50. The van der Waals surface area contributed by atoms with Crippen LogP contribution in [-0.2, 0) is 9.59 Å². The molecule has 0 unspecified atom stereocenters. The molecule has 0 bridgehead atoms. The van der Waals surface area contributed by atoms with Crippen LogP contribution >= 0.6 is 0 Å². The summed E-state index contributed by atoms with van der Waals surface area (Å²) in [5.74, 6) is -0.277. The Labute approximate surface area is 139 Å². The van der Waals surface area contributed by atoms with E-state index in [-0.39, 0.29) is 23.2 Å². The summed E-state index contributed by atoms with van der Waals surface area (Å²) in [4.78, 5) is 24.5. The molecule has 0 amide bonds. The van der Waals surface area contributed by atoms with E-state index in [4.69, 9.17) is 0 Å². The van der Waals surface area contributed by atoms with E-state index in [0.717, 1.165) is 31.3 Å². The molecule has 3 heteroatoms. The fraction of sp³-hybridized carbons (Fsp3) is 0.600. The summed E-state index contributed by atoms with van der Waals surface area (Å²) < 4.78 is 0. The number of rotatable bonds is 4. The van der Waals surface area contributed by atoms with Crippen LogP contribution < -0.4 is 0 Å². The van der Waals surface area contributed by atoms with Crippen molar-refractivity contribution in [3.05, 3.63) is 34.1 Å². The van der Waals surface area contributed by atoms with Gasteiger partial charge in [0.2, 0.25) is 11.6 Å². The molecule has 0 aromatic carbocycles. The predicted octanol–water partition coefficient (Wildman–Crippen LogP) is 4.70. The zero-order chi connectivity index (χ0) is 17.3. The second-order valence-corrected chi connectivity index (χ2v) is 7.38. The Kier molecular flexibility index (Phi) is 5.28. The fourth-order valence-electron chi connectivity index (χ4n) is 3.84. The van der Waals surface area contributed by atoms with Gasteiger partial charge in [-0.15, -0.1) is 0 Å². The normalized spacial score (nSPS) is 26.3. The molecule has 1 N–H and O–H groups in total. The van der Waals surface area contributed by atoms with Crippen molar-refractivity contribution in [3.63, 3.8) is 0 Å². The Morgan fingerprint density at radius 3 is 2.48 bits per heavy atom. The van der Waals surface area contributed by atoms with Crippen molar-refractivity contribution in [3.8, 4) is 0 Å². The van der Waals surface area contributed by atoms with E-state index in [2.05, 4.69) is 26.8 Å². The third-order valence-corrected chi connectivity index (χ3v) is 5.33. The third-order valence-electron chi connectivity index (χ3n) is 5.33. The number of carbonyl (C=O) groups is 2. The van der Waals surface area contributed by atoms with Crippen LogP contribution in [-0.4, -0.2) is 16.7 Å². The minimum Gasteiger partial charge on any atom is -0.507 e. The number of aliphatic hydroxyl groups is 1. The Bertz CT molecular complexity index is 615. The summed E-state index contributed by atoms with van der Waals surface area (Å²) >= 11 is 0. The second-order valence-electron chi connectivity index (χ2n) is 7.38.